The van der Waals surface area contributed by atoms with Crippen molar-refractivity contribution in [1.82, 2.24) is 0 Å². The highest BCUT2D eigenvalue weighted by molar-refractivity contribution is 6.32. The average Bonchev–Trinajstić information content (AvgIpc) is 2.59. The van der Waals surface area contributed by atoms with Crippen LogP contribution in [0.15, 0.2) is 41.6 Å². The monoisotopic (exact) mass is 418 g/mol. The Hall–Kier alpha value is -3.01. The minimum atomic E-state index is -4.55. The van der Waals surface area contributed by atoms with E-state index in [1.165, 1.54) is 12.1 Å². The van der Waals surface area contributed by atoms with E-state index in [9.17, 15) is 23.3 Å². The van der Waals surface area contributed by atoms with Gasteiger partial charge in [-0.05, 0) is 38.1 Å². The molecule has 0 heterocycles. The fourth-order valence-corrected chi connectivity index (χ4v) is 2.18. The van der Waals surface area contributed by atoms with Crippen molar-refractivity contribution < 1.29 is 32.4 Å². The Morgan fingerprint density at radius 1 is 1.18 bits per heavy atom. The van der Waals surface area contributed by atoms with Crippen LogP contribution >= 0.6 is 11.6 Å². The summed E-state index contributed by atoms with van der Waals surface area (Å²) in [7, 11) is 0. The van der Waals surface area contributed by atoms with Crippen LogP contribution in [-0.2, 0) is 11.0 Å². The molecule has 11 heteroatoms. The molecule has 0 radical (unpaired) electrons. The number of benzene rings is 2. The number of ether oxygens (including phenoxy) is 2. The van der Waals surface area contributed by atoms with Crippen molar-refractivity contribution in [3.8, 4) is 17.2 Å². The van der Waals surface area contributed by atoms with E-state index in [-0.39, 0.29) is 28.0 Å². The van der Waals surface area contributed by atoms with E-state index >= 15 is 0 Å². The molecule has 0 aliphatic heterocycles. The lowest BCUT2D eigenvalue weighted by atomic mass is 10.2. The summed E-state index contributed by atoms with van der Waals surface area (Å²) in [5, 5.41) is 14.5. The lowest BCUT2D eigenvalue weighted by Crippen LogP contribution is -2.04. The van der Waals surface area contributed by atoms with Gasteiger partial charge in [-0.15, -0.1) is 0 Å². The predicted molar refractivity (Wildman–Crippen MR) is 95.0 cm³/mol. The van der Waals surface area contributed by atoms with Crippen LogP contribution in [0.1, 0.15) is 19.4 Å². The predicted octanol–water partition coefficient (Wildman–Crippen LogP) is 5.81. The Morgan fingerprint density at radius 2 is 1.89 bits per heavy atom. The number of oxime groups is 1. The Balaban J connectivity index is 2.23. The fourth-order valence-electron chi connectivity index (χ4n) is 1.96. The second-order valence-electron chi connectivity index (χ2n) is 5.56. The molecule has 0 atom stereocenters. The molecular formula is C17H14ClF3N2O5. The van der Waals surface area contributed by atoms with Crippen molar-refractivity contribution in [3.05, 3.63) is 57.1 Å². The van der Waals surface area contributed by atoms with Gasteiger partial charge in [0, 0.05) is 12.1 Å². The molecule has 0 amide bonds. The smallest absolute Gasteiger partial charge is 0.416 e. The number of nitro benzene ring substituents is 1. The Labute approximate surface area is 162 Å². The Kier molecular flexibility index (Phi) is 6.68. The maximum Gasteiger partial charge on any atom is 0.416 e. The van der Waals surface area contributed by atoms with Crippen molar-refractivity contribution >= 4 is 23.0 Å². The van der Waals surface area contributed by atoms with Crippen molar-refractivity contribution in [1.29, 1.82) is 0 Å². The van der Waals surface area contributed by atoms with Gasteiger partial charge in [-0.1, -0.05) is 16.8 Å². The minimum absolute atomic E-state index is 0.0584. The molecule has 0 bridgehead atoms. The van der Waals surface area contributed by atoms with E-state index in [1.54, 1.807) is 13.8 Å². The van der Waals surface area contributed by atoms with E-state index in [0.29, 0.717) is 5.71 Å². The number of nitrogens with zero attached hydrogens (tertiary/aromatic N) is 2. The Morgan fingerprint density at radius 3 is 2.46 bits per heavy atom. The highest BCUT2D eigenvalue weighted by Crippen LogP contribution is 2.38. The van der Waals surface area contributed by atoms with Gasteiger partial charge in [0.2, 0.25) is 5.75 Å². The topological polar surface area (TPSA) is 83.2 Å². The number of rotatable bonds is 7. The van der Waals surface area contributed by atoms with Crippen LogP contribution in [-0.4, -0.2) is 17.4 Å². The van der Waals surface area contributed by atoms with Crippen molar-refractivity contribution in [2.45, 2.75) is 20.0 Å². The maximum atomic E-state index is 12.7. The van der Waals surface area contributed by atoms with E-state index in [4.69, 9.17) is 25.9 Å². The first-order valence-electron chi connectivity index (χ1n) is 7.67. The number of nitro groups is 1. The SMILES string of the molecule is CC(C)=NOCOc1cc(Oc2ccc(C(F)(F)F)cc2Cl)ccc1[N+](=O)[O-]. The summed E-state index contributed by atoms with van der Waals surface area (Å²) in [6, 6.07) is 6.15. The standard InChI is InChI=1S/C17H14ClF3N2O5/c1-10(2)22-27-9-26-16-8-12(4-5-14(16)23(24)25)28-15-6-3-11(7-13(15)18)17(19,20)21/h3-8H,9H2,1-2H3. The molecule has 28 heavy (non-hydrogen) atoms. The summed E-state index contributed by atoms with van der Waals surface area (Å²) in [6.07, 6.45) is -4.55. The average molecular weight is 419 g/mol. The van der Waals surface area contributed by atoms with Crippen molar-refractivity contribution in [2.75, 3.05) is 6.79 Å². The number of alkyl halides is 3. The molecule has 0 aromatic heterocycles. The molecule has 0 N–H and O–H groups in total. The molecular weight excluding hydrogens is 405 g/mol. The molecule has 0 aliphatic carbocycles. The zero-order valence-electron chi connectivity index (χ0n) is 14.6. The van der Waals surface area contributed by atoms with E-state index in [2.05, 4.69) is 5.16 Å². The molecule has 2 aromatic rings. The number of hydrogen-bond acceptors (Lipinski definition) is 6. The Bertz CT molecular complexity index is 899. The third-order valence-electron chi connectivity index (χ3n) is 3.13. The van der Waals surface area contributed by atoms with Gasteiger partial charge in [-0.2, -0.15) is 13.2 Å². The molecule has 0 saturated carbocycles. The van der Waals surface area contributed by atoms with Crippen LogP contribution in [0.4, 0.5) is 18.9 Å². The van der Waals surface area contributed by atoms with Gasteiger partial charge in [0.05, 0.1) is 21.2 Å². The van der Waals surface area contributed by atoms with Gasteiger partial charge < -0.3 is 14.3 Å². The summed E-state index contributed by atoms with van der Waals surface area (Å²) in [6.45, 7) is 2.98. The number of halogens is 4. The van der Waals surface area contributed by atoms with Gasteiger partial charge in [0.1, 0.15) is 11.5 Å². The highest BCUT2D eigenvalue weighted by atomic mass is 35.5. The summed E-state index contributed by atoms with van der Waals surface area (Å²) < 4.78 is 48.7. The quantitative estimate of drug-likeness (QED) is 0.186. The zero-order valence-corrected chi connectivity index (χ0v) is 15.4. The molecule has 0 aliphatic rings. The molecule has 2 aromatic carbocycles. The first-order chi connectivity index (χ1) is 13.1. The molecule has 150 valence electrons. The van der Waals surface area contributed by atoms with Crippen molar-refractivity contribution in [2.24, 2.45) is 5.16 Å². The molecule has 0 spiro atoms. The van der Waals surface area contributed by atoms with E-state index in [1.807, 2.05) is 0 Å². The second kappa shape index (κ2) is 8.79. The molecule has 0 saturated heterocycles. The van der Waals surface area contributed by atoms with E-state index < -0.39 is 23.5 Å². The lowest BCUT2D eigenvalue weighted by molar-refractivity contribution is -0.386. The van der Waals surface area contributed by atoms with Crippen LogP contribution in [0.3, 0.4) is 0 Å². The van der Waals surface area contributed by atoms with E-state index in [0.717, 1.165) is 24.3 Å². The van der Waals surface area contributed by atoms with Crippen molar-refractivity contribution in [3.63, 3.8) is 0 Å². The van der Waals surface area contributed by atoms with Crippen LogP contribution in [0.2, 0.25) is 5.02 Å². The van der Waals surface area contributed by atoms with Crippen LogP contribution < -0.4 is 9.47 Å². The largest absolute Gasteiger partial charge is 0.456 e. The summed E-state index contributed by atoms with van der Waals surface area (Å²) in [5.41, 5.74) is -0.666. The summed E-state index contributed by atoms with van der Waals surface area (Å²) in [5.74, 6) is -0.163. The molecule has 2 rings (SSSR count). The number of hydrogen-bond donors (Lipinski definition) is 0. The maximum absolute atomic E-state index is 12.7. The zero-order chi connectivity index (χ0) is 20.9. The normalized spacial score (nSPS) is 10.9. The van der Waals surface area contributed by atoms with Gasteiger partial charge in [-0.3, -0.25) is 10.1 Å². The lowest BCUT2D eigenvalue weighted by Gasteiger charge is -2.12. The van der Waals surface area contributed by atoms with Crippen LogP contribution in [0.25, 0.3) is 0 Å². The van der Waals surface area contributed by atoms with Gasteiger partial charge in [0.25, 0.3) is 6.79 Å². The third kappa shape index (κ3) is 5.74. The van der Waals surface area contributed by atoms with Gasteiger partial charge >= 0.3 is 11.9 Å². The summed E-state index contributed by atoms with van der Waals surface area (Å²) >= 11 is 5.84. The van der Waals surface area contributed by atoms with Gasteiger partial charge in [0.15, 0.2) is 0 Å². The second-order valence-corrected chi connectivity index (χ2v) is 5.97. The third-order valence-corrected chi connectivity index (χ3v) is 3.42. The minimum Gasteiger partial charge on any atom is -0.456 e. The highest BCUT2D eigenvalue weighted by Gasteiger charge is 2.31. The first kappa shape index (κ1) is 21.3. The van der Waals surface area contributed by atoms with Crippen LogP contribution in [0.5, 0.6) is 17.2 Å². The molecule has 7 nitrogen and oxygen atoms in total. The molecule has 0 fully saturated rings. The van der Waals surface area contributed by atoms with Gasteiger partial charge in [-0.25, -0.2) is 0 Å². The summed E-state index contributed by atoms with van der Waals surface area (Å²) in [4.78, 5) is 15.3. The molecule has 0 unspecified atom stereocenters. The fraction of sp³-hybridized carbons (Fsp3) is 0.235. The van der Waals surface area contributed by atoms with Crippen LogP contribution in [0, 0.1) is 10.1 Å². The first-order valence-corrected chi connectivity index (χ1v) is 8.04.